The average molecular weight is 243 g/mol. The number of aromatic amines is 1. The molecule has 0 radical (unpaired) electrons. The van der Waals surface area contributed by atoms with Crippen molar-refractivity contribution in [2.75, 3.05) is 6.54 Å². The van der Waals surface area contributed by atoms with E-state index in [1.54, 1.807) is 0 Å². The van der Waals surface area contributed by atoms with Gasteiger partial charge in [0.25, 0.3) is 0 Å². The molecule has 1 aromatic heterocycles. The number of carbonyl (C=O) groups is 1. The SMILES string of the molecule is O=C1NCC(c2ccc(-c3nn[nH]n3)cc2)=NN1. The van der Waals surface area contributed by atoms with Crippen LogP contribution in [0.3, 0.4) is 0 Å². The number of hydrazone groups is 1. The predicted octanol–water partition coefficient (Wildman–Crippen LogP) is -0.116. The molecule has 0 atom stereocenters. The fourth-order valence-corrected chi connectivity index (χ4v) is 1.62. The van der Waals surface area contributed by atoms with E-state index in [2.05, 4.69) is 36.5 Å². The van der Waals surface area contributed by atoms with Gasteiger partial charge in [-0.3, -0.25) is 0 Å². The summed E-state index contributed by atoms with van der Waals surface area (Å²) in [4.78, 5) is 10.9. The van der Waals surface area contributed by atoms with Crippen molar-refractivity contribution < 1.29 is 4.79 Å². The Hall–Kier alpha value is -2.77. The van der Waals surface area contributed by atoms with Gasteiger partial charge < -0.3 is 5.32 Å². The first-order valence-corrected chi connectivity index (χ1v) is 5.27. The number of hydrogen-bond acceptors (Lipinski definition) is 5. The lowest BCUT2D eigenvalue weighted by Gasteiger charge is -2.13. The van der Waals surface area contributed by atoms with E-state index in [-0.39, 0.29) is 6.03 Å². The molecular weight excluding hydrogens is 234 g/mol. The van der Waals surface area contributed by atoms with Crippen molar-refractivity contribution in [2.24, 2.45) is 5.10 Å². The van der Waals surface area contributed by atoms with Crippen molar-refractivity contribution in [2.45, 2.75) is 0 Å². The first-order valence-electron chi connectivity index (χ1n) is 5.27. The summed E-state index contributed by atoms with van der Waals surface area (Å²) in [5.74, 6) is 0.540. The van der Waals surface area contributed by atoms with Gasteiger partial charge in [0.05, 0.1) is 12.3 Å². The molecule has 1 aromatic carbocycles. The van der Waals surface area contributed by atoms with Crippen molar-refractivity contribution in [3.8, 4) is 11.4 Å². The highest BCUT2D eigenvalue weighted by Gasteiger charge is 2.12. The Bertz CT molecular complexity index is 587. The summed E-state index contributed by atoms with van der Waals surface area (Å²) in [6.07, 6.45) is 0. The molecule has 1 aliphatic rings. The Balaban J connectivity index is 1.85. The zero-order valence-corrected chi connectivity index (χ0v) is 9.21. The number of rotatable bonds is 2. The van der Waals surface area contributed by atoms with Gasteiger partial charge in [0.1, 0.15) is 0 Å². The van der Waals surface area contributed by atoms with E-state index in [0.717, 1.165) is 16.8 Å². The molecule has 0 saturated carbocycles. The zero-order chi connectivity index (χ0) is 12.4. The second kappa shape index (κ2) is 4.24. The Labute approximate surface area is 101 Å². The van der Waals surface area contributed by atoms with Crippen LogP contribution in [0, 0.1) is 0 Å². The van der Waals surface area contributed by atoms with Gasteiger partial charge in [-0.25, -0.2) is 10.2 Å². The van der Waals surface area contributed by atoms with Crippen LogP contribution in [0.15, 0.2) is 29.4 Å². The molecule has 2 heterocycles. The van der Waals surface area contributed by atoms with Crippen LogP contribution in [0.1, 0.15) is 5.56 Å². The molecule has 90 valence electrons. The van der Waals surface area contributed by atoms with Crippen molar-refractivity contribution in [3.05, 3.63) is 29.8 Å². The zero-order valence-electron chi connectivity index (χ0n) is 9.21. The maximum absolute atomic E-state index is 10.9. The van der Waals surface area contributed by atoms with Crippen molar-refractivity contribution in [1.82, 2.24) is 31.4 Å². The fraction of sp³-hybridized carbons (Fsp3) is 0.100. The molecule has 2 amide bonds. The average Bonchev–Trinajstić information content (AvgIpc) is 2.94. The molecule has 0 aliphatic carbocycles. The molecule has 0 saturated heterocycles. The molecule has 8 heteroatoms. The highest BCUT2D eigenvalue weighted by molar-refractivity contribution is 6.05. The first-order chi connectivity index (χ1) is 8.83. The van der Waals surface area contributed by atoms with Gasteiger partial charge in [-0.2, -0.15) is 10.3 Å². The first kappa shape index (κ1) is 10.4. The van der Waals surface area contributed by atoms with E-state index >= 15 is 0 Å². The van der Waals surface area contributed by atoms with Crippen LogP contribution in [0.25, 0.3) is 11.4 Å². The second-order valence-corrected chi connectivity index (χ2v) is 3.67. The Morgan fingerprint density at radius 2 is 1.89 bits per heavy atom. The highest BCUT2D eigenvalue weighted by atomic mass is 16.2. The number of aromatic nitrogens is 4. The summed E-state index contributed by atoms with van der Waals surface area (Å²) in [5.41, 5.74) is 4.93. The van der Waals surface area contributed by atoms with Crippen molar-refractivity contribution in [1.29, 1.82) is 0 Å². The minimum Gasteiger partial charge on any atom is -0.331 e. The second-order valence-electron chi connectivity index (χ2n) is 3.67. The Morgan fingerprint density at radius 3 is 2.50 bits per heavy atom. The van der Waals surface area contributed by atoms with Crippen LogP contribution in [-0.4, -0.2) is 38.9 Å². The van der Waals surface area contributed by atoms with Gasteiger partial charge in [0.2, 0.25) is 5.82 Å². The summed E-state index contributed by atoms with van der Waals surface area (Å²) in [6, 6.07) is 7.24. The third-order valence-electron chi connectivity index (χ3n) is 2.53. The summed E-state index contributed by atoms with van der Waals surface area (Å²) >= 11 is 0. The van der Waals surface area contributed by atoms with Crippen LogP contribution >= 0.6 is 0 Å². The molecule has 18 heavy (non-hydrogen) atoms. The summed E-state index contributed by atoms with van der Waals surface area (Å²) in [5, 5.41) is 20.3. The molecule has 3 N–H and O–H groups in total. The maximum Gasteiger partial charge on any atom is 0.335 e. The predicted molar refractivity (Wildman–Crippen MR) is 62.7 cm³/mol. The minimum absolute atomic E-state index is 0.290. The highest BCUT2D eigenvalue weighted by Crippen LogP contribution is 2.14. The molecule has 0 spiro atoms. The lowest BCUT2D eigenvalue weighted by atomic mass is 10.1. The Kier molecular flexibility index (Phi) is 2.45. The van der Waals surface area contributed by atoms with Gasteiger partial charge in [-0.15, -0.1) is 10.2 Å². The molecule has 8 nitrogen and oxygen atoms in total. The summed E-state index contributed by atoms with van der Waals surface area (Å²) in [7, 11) is 0. The smallest absolute Gasteiger partial charge is 0.331 e. The number of amides is 2. The molecule has 0 fully saturated rings. The number of tetrazole rings is 1. The fourth-order valence-electron chi connectivity index (χ4n) is 1.62. The number of carbonyl (C=O) groups excluding carboxylic acids is 1. The molecular formula is C10H9N7O. The maximum atomic E-state index is 10.9. The third kappa shape index (κ3) is 1.90. The third-order valence-corrected chi connectivity index (χ3v) is 2.53. The van der Waals surface area contributed by atoms with E-state index in [9.17, 15) is 4.79 Å². The number of benzene rings is 1. The van der Waals surface area contributed by atoms with Crippen LogP contribution in [-0.2, 0) is 0 Å². The standard InChI is InChI=1S/C10H9N7O/c18-10-11-5-8(12-15-10)6-1-3-7(4-2-6)9-13-16-17-14-9/h1-4H,5H2,(H2,11,15,18)(H,13,14,16,17). The summed E-state index contributed by atoms with van der Waals surface area (Å²) < 4.78 is 0. The molecule has 2 aromatic rings. The Morgan fingerprint density at radius 1 is 1.11 bits per heavy atom. The van der Waals surface area contributed by atoms with E-state index in [1.807, 2.05) is 24.3 Å². The topological polar surface area (TPSA) is 108 Å². The van der Waals surface area contributed by atoms with Crippen LogP contribution < -0.4 is 10.7 Å². The van der Waals surface area contributed by atoms with Crippen LogP contribution in [0.4, 0.5) is 4.79 Å². The van der Waals surface area contributed by atoms with Gasteiger partial charge in [-0.1, -0.05) is 24.3 Å². The van der Waals surface area contributed by atoms with E-state index in [4.69, 9.17) is 0 Å². The monoisotopic (exact) mass is 243 g/mol. The minimum atomic E-state index is -0.290. The summed E-state index contributed by atoms with van der Waals surface area (Å²) in [6.45, 7) is 0.410. The molecule has 1 aliphatic heterocycles. The largest absolute Gasteiger partial charge is 0.335 e. The van der Waals surface area contributed by atoms with E-state index in [0.29, 0.717) is 12.4 Å². The molecule has 0 unspecified atom stereocenters. The van der Waals surface area contributed by atoms with E-state index < -0.39 is 0 Å². The molecule has 3 rings (SSSR count). The van der Waals surface area contributed by atoms with Gasteiger partial charge in [0.15, 0.2) is 0 Å². The number of nitrogens with zero attached hydrogens (tertiary/aromatic N) is 4. The number of urea groups is 1. The lowest BCUT2D eigenvalue weighted by Crippen LogP contribution is -2.42. The van der Waals surface area contributed by atoms with Crippen molar-refractivity contribution >= 4 is 11.7 Å². The van der Waals surface area contributed by atoms with Gasteiger partial charge >= 0.3 is 6.03 Å². The number of nitrogens with one attached hydrogen (secondary N) is 3. The van der Waals surface area contributed by atoms with E-state index in [1.165, 1.54) is 0 Å². The van der Waals surface area contributed by atoms with Crippen molar-refractivity contribution in [3.63, 3.8) is 0 Å². The van der Waals surface area contributed by atoms with Gasteiger partial charge in [0, 0.05) is 5.56 Å². The quantitative estimate of drug-likeness (QED) is 0.683. The van der Waals surface area contributed by atoms with Gasteiger partial charge in [-0.05, 0) is 10.8 Å². The lowest BCUT2D eigenvalue weighted by molar-refractivity contribution is 0.241. The molecule has 0 bridgehead atoms. The van der Waals surface area contributed by atoms with Crippen LogP contribution in [0.5, 0.6) is 0 Å². The number of hydrogen-bond donors (Lipinski definition) is 3. The van der Waals surface area contributed by atoms with Crippen LogP contribution in [0.2, 0.25) is 0 Å². The normalized spacial score (nSPS) is 14.7. The number of H-pyrrole nitrogens is 1.